The minimum atomic E-state index is -3.63. The molecule has 1 aromatic rings. The summed E-state index contributed by atoms with van der Waals surface area (Å²) in [5.41, 5.74) is 0.995. The average Bonchev–Trinajstić information content (AvgIpc) is 2.43. The van der Waals surface area contributed by atoms with Gasteiger partial charge in [0, 0.05) is 19.2 Å². The first kappa shape index (κ1) is 16.6. The largest absolute Gasteiger partial charge is 0.396 e. The lowest BCUT2D eigenvalue weighted by Crippen LogP contribution is -2.39. The number of aliphatic hydroxyl groups excluding tert-OH is 1. The molecule has 0 fully saturated rings. The maximum absolute atomic E-state index is 12.7. The molecule has 0 saturated carbocycles. The molecule has 0 aliphatic rings. The smallest absolute Gasteiger partial charge is 0.243 e. The van der Waals surface area contributed by atoms with E-state index < -0.39 is 16.1 Å². The van der Waals surface area contributed by atoms with E-state index in [1.54, 1.807) is 24.3 Å². The van der Waals surface area contributed by atoms with Crippen molar-refractivity contribution in [3.8, 4) is 0 Å². The van der Waals surface area contributed by atoms with Crippen LogP contribution >= 0.6 is 0 Å². The van der Waals surface area contributed by atoms with E-state index >= 15 is 0 Å². The van der Waals surface area contributed by atoms with Crippen LogP contribution in [0.1, 0.15) is 12.0 Å². The highest BCUT2D eigenvalue weighted by Gasteiger charge is 2.28. The third kappa shape index (κ3) is 3.79. The number of sulfonamides is 1. The molecule has 0 unspecified atom stereocenters. The van der Waals surface area contributed by atoms with E-state index in [9.17, 15) is 8.42 Å². The fourth-order valence-electron chi connectivity index (χ4n) is 1.90. The molecule has 0 aromatic heterocycles. The summed E-state index contributed by atoms with van der Waals surface area (Å²) in [5.74, 6) is 0. The number of aryl methyl sites for hydroxylation is 1. The number of nitrogens with zero attached hydrogens (tertiary/aromatic N) is 1. The Labute approximate surface area is 121 Å². The van der Waals surface area contributed by atoms with Gasteiger partial charge in [-0.2, -0.15) is 4.31 Å². The summed E-state index contributed by atoms with van der Waals surface area (Å²) >= 11 is 0. The molecule has 0 spiro atoms. The maximum atomic E-state index is 12.7. The summed E-state index contributed by atoms with van der Waals surface area (Å²) < 4.78 is 26.6. The van der Waals surface area contributed by atoms with Crippen molar-refractivity contribution in [1.82, 2.24) is 4.31 Å². The van der Waals surface area contributed by atoms with Crippen LogP contribution in [0.4, 0.5) is 0 Å². The van der Waals surface area contributed by atoms with E-state index in [4.69, 9.17) is 5.11 Å². The number of hydrogen-bond acceptors (Lipinski definition) is 3. The Kier molecular flexibility index (Phi) is 6.13. The van der Waals surface area contributed by atoms with Crippen molar-refractivity contribution < 1.29 is 13.5 Å². The van der Waals surface area contributed by atoms with Gasteiger partial charge >= 0.3 is 0 Å². The Morgan fingerprint density at radius 2 is 1.90 bits per heavy atom. The Hall–Kier alpha value is -1.43. The monoisotopic (exact) mass is 295 g/mol. The lowest BCUT2D eigenvalue weighted by Gasteiger charge is -2.27. The fourth-order valence-corrected chi connectivity index (χ4v) is 3.50. The lowest BCUT2D eigenvalue weighted by atomic mass is 10.2. The molecule has 0 amide bonds. The third-order valence-electron chi connectivity index (χ3n) is 3.00. The van der Waals surface area contributed by atoms with Crippen molar-refractivity contribution in [3.05, 3.63) is 55.1 Å². The van der Waals surface area contributed by atoms with Gasteiger partial charge in [-0.25, -0.2) is 8.42 Å². The van der Waals surface area contributed by atoms with Crippen LogP contribution in [-0.4, -0.2) is 37.0 Å². The first-order chi connectivity index (χ1) is 9.47. The van der Waals surface area contributed by atoms with Crippen LogP contribution < -0.4 is 0 Å². The van der Waals surface area contributed by atoms with E-state index in [1.807, 2.05) is 6.92 Å². The Bertz CT molecular complexity index is 549. The molecule has 4 nitrogen and oxygen atoms in total. The molecular weight excluding hydrogens is 274 g/mol. The number of benzene rings is 1. The van der Waals surface area contributed by atoms with Crippen LogP contribution in [0.5, 0.6) is 0 Å². The molecule has 1 N–H and O–H groups in total. The molecule has 110 valence electrons. The summed E-state index contributed by atoms with van der Waals surface area (Å²) in [4.78, 5) is 0.231. The average molecular weight is 295 g/mol. The topological polar surface area (TPSA) is 57.6 Å². The van der Waals surface area contributed by atoms with Gasteiger partial charge in [-0.1, -0.05) is 29.8 Å². The fraction of sp³-hybridized carbons (Fsp3) is 0.333. The molecule has 20 heavy (non-hydrogen) atoms. The van der Waals surface area contributed by atoms with Gasteiger partial charge in [0.1, 0.15) is 0 Å². The predicted octanol–water partition coefficient (Wildman–Crippen LogP) is 2.11. The van der Waals surface area contributed by atoms with Gasteiger partial charge in [-0.15, -0.1) is 13.2 Å². The second-order valence-electron chi connectivity index (χ2n) is 4.49. The maximum Gasteiger partial charge on any atom is 0.243 e. The number of aliphatic hydroxyl groups is 1. The summed E-state index contributed by atoms with van der Waals surface area (Å²) in [7, 11) is -3.63. The van der Waals surface area contributed by atoms with Crippen LogP contribution in [0.2, 0.25) is 0 Å². The Morgan fingerprint density at radius 3 is 2.35 bits per heavy atom. The standard InChI is InChI=1S/C15H21NO3S/c1-4-11-16(14(5-2)10-12-17)20(18,19)15-8-6-13(3)7-9-15/h4-9,14,17H,1-2,10-12H2,3H3/t14-/m1/s1. The van der Waals surface area contributed by atoms with Crippen LogP contribution in [0.15, 0.2) is 54.5 Å². The quantitative estimate of drug-likeness (QED) is 0.747. The third-order valence-corrected chi connectivity index (χ3v) is 4.91. The highest BCUT2D eigenvalue weighted by Crippen LogP contribution is 2.20. The molecule has 0 aliphatic carbocycles. The molecule has 0 saturated heterocycles. The van der Waals surface area contributed by atoms with Crippen LogP contribution in [0.25, 0.3) is 0 Å². The van der Waals surface area contributed by atoms with Crippen molar-refractivity contribution in [2.45, 2.75) is 24.3 Å². The normalized spacial score (nSPS) is 13.2. The van der Waals surface area contributed by atoms with Gasteiger partial charge in [-0.05, 0) is 25.5 Å². The minimum absolute atomic E-state index is 0.103. The summed E-state index contributed by atoms with van der Waals surface area (Å²) in [5, 5.41) is 9.06. The zero-order valence-electron chi connectivity index (χ0n) is 11.7. The Balaban J connectivity index is 3.20. The predicted molar refractivity (Wildman–Crippen MR) is 81.0 cm³/mol. The molecule has 0 radical (unpaired) electrons. The molecule has 0 heterocycles. The summed E-state index contributed by atoms with van der Waals surface area (Å²) in [6.07, 6.45) is 3.37. The molecule has 1 atom stereocenters. The second kappa shape index (κ2) is 7.38. The van der Waals surface area contributed by atoms with Gasteiger partial charge in [0.05, 0.1) is 4.90 Å². The van der Waals surface area contributed by atoms with E-state index in [0.717, 1.165) is 5.56 Å². The van der Waals surface area contributed by atoms with Crippen molar-refractivity contribution in [3.63, 3.8) is 0 Å². The van der Waals surface area contributed by atoms with Crippen LogP contribution in [0.3, 0.4) is 0 Å². The van der Waals surface area contributed by atoms with Gasteiger partial charge in [0.25, 0.3) is 0 Å². The first-order valence-corrected chi connectivity index (χ1v) is 7.84. The summed E-state index contributed by atoms with van der Waals surface area (Å²) in [6, 6.07) is 6.23. The lowest BCUT2D eigenvalue weighted by molar-refractivity contribution is 0.251. The molecule has 5 heteroatoms. The molecule has 1 rings (SSSR count). The van der Waals surface area contributed by atoms with Gasteiger partial charge in [0.2, 0.25) is 10.0 Å². The number of hydrogen-bond donors (Lipinski definition) is 1. The van der Waals surface area contributed by atoms with Crippen molar-refractivity contribution in [1.29, 1.82) is 0 Å². The zero-order valence-corrected chi connectivity index (χ0v) is 12.5. The highest BCUT2D eigenvalue weighted by molar-refractivity contribution is 7.89. The second-order valence-corrected chi connectivity index (χ2v) is 6.38. The van der Waals surface area contributed by atoms with Crippen molar-refractivity contribution in [2.24, 2.45) is 0 Å². The van der Waals surface area contributed by atoms with Crippen LogP contribution in [0, 0.1) is 6.92 Å². The summed E-state index contributed by atoms with van der Waals surface area (Å²) in [6.45, 7) is 9.22. The SMILES string of the molecule is C=CCN([C@H](C=C)CCO)S(=O)(=O)c1ccc(C)cc1. The van der Waals surface area contributed by atoms with Crippen molar-refractivity contribution >= 4 is 10.0 Å². The number of rotatable bonds is 8. The van der Waals surface area contributed by atoms with Gasteiger partial charge < -0.3 is 5.11 Å². The highest BCUT2D eigenvalue weighted by atomic mass is 32.2. The van der Waals surface area contributed by atoms with Gasteiger partial charge in [-0.3, -0.25) is 0 Å². The van der Waals surface area contributed by atoms with E-state index in [1.165, 1.54) is 16.5 Å². The first-order valence-electron chi connectivity index (χ1n) is 6.40. The molecular formula is C15H21NO3S. The van der Waals surface area contributed by atoms with E-state index in [0.29, 0.717) is 6.42 Å². The molecule has 1 aromatic carbocycles. The van der Waals surface area contributed by atoms with Crippen LogP contribution in [-0.2, 0) is 10.0 Å². The van der Waals surface area contributed by atoms with Crippen molar-refractivity contribution in [2.75, 3.05) is 13.2 Å². The minimum Gasteiger partial charge on any atom is -0.396 e. The van der Waals surface area contributed by atoms with Gasteiger partial charge in [0.15, 0.2) is 0 Å². The molecule has 0 aliphatic heterocycles. The van der Waals surface area contributed by atoms with E-state index in [2.05, 4.69) is 13.2 Å². The Morgan fingerprint density at radius 1 is 1.30 bits per heavy atom. The molecule has 0 bridgehead atoms. The van der Waals surface area contributed by atoms with E-state index in [-0.39, 0.29) is 18.0 Å². The zero-order chi connectivity index (χ0) is 15.2.